The molecule has 0 amide bonds. The Bertz CT molecular complexity index is 1350. The summed E-state index contributed by atoms with van der Waals surface area (Å²) < 4.78 is 17.0. The van der Waals surface area contributed by atoms with Crippen LogP contribution in [0.5, 0.6) is 0 Å². The van der Waals surface area contributed by atoms with Gasteiger partial charge in [-0.1, -0.05) is 346 Å². The minimum Gasteiger partial charge on any atom is -0.462 e. The number of allylic oxidation sites excluding steroid dienone is 6. The van der Waals surface area contributed by atoms with E-state index in [2.05, 4.69) is 57.2 Å². The Labute approximate surface area is 506 Å². The lowest BCUT2D eigenvalue weighted by Gasteiger charge is -2.18. The van der Waals surface area contributed by atoms with Gasteiger partial charge in [0.05, 0.1) is 0 Å². The summed E-state index contributed by atoms with van der Waals surface area (Å²) >= 11 is 0. The van der Waals surface area contributed by atoms with E-state index in [0.29, 0.717) is 19.3 Å². The van der Waals surface area contributed by atoms with Crippen molar-refractivity contribution in [2.75, 3.05) is 13.2 Å². The fraction of sp³-hybridized carbons (Fsp3) is 0.880. The van der Waals surface area contributed by atoms with Gasteiger partial charge in [-0.15, -0.1) is 0 Å². The van der Waals surface area contributed by atoms with Crippen LogP contribution < -0.4 is 0 Å². The molecule has 81 heavy (non-hydrogen) atoms. The van der Waals surface area contributed by atoms with Crippen molar-refractivity contribution in [1.82, 2.24) is 0 Å². The van der Waals surface area contributed by atoms with E-state index in [0.717, 1.165) is 64.2 Å². The quantitative estimate of drug-likeness (QED) is 0.0261. The summed E-state index contributed by atoms with van der Waals surface area (Å²) in [5.41, 5.74) is 0. The number of rotatable bonds is 68. The van der Waals surface area contributed by atoms with Crippen LogP contribution in [0.25, 0.3) is 0 Å². The lowest BCUT2D eigenvalue weighted by molar-refractivity contribution is -0.167. The van der Waals surface area contributed by atoms with Gasteiger partial charge in [0.15, 0.2) is 6.10 Å². The van der Waals surface area contributed by atoms with E-state index in [1.165, 1.54) is 302 Å². The SMILES string of the molecule is CCCCCCC/C=C\C/C=C\CCCCCCCCCCCCCCCCCC(=O)OCC(COC(=O)CCCCCCCCCCC)OC(=O)CCCCCCCCCCCCCCCCC/C=C\CCCCCCCCCC. The monoisotopic (exact) mass is 1140 g/mol. The van der Waals surface area contributed by atoms with Crippen LogP contribution in [-0.2, 0) is 28.6 Å². The molecule has 6 heteroatoms. The maximum absolute atomic E-state index is 12.9. The van der Waals surface area contributed by atoms with Gasteiger partial charge >= 0.3 is 17.9 Å². The van der Waals surface area contributed by atoms with Crippen molar-refractivity contribution in [2.45, 2.75) is 412 Å². The maximum Gasteiger partial charge on any atom is 0.306 e. The molecule has 0 N–H and O–H groups in total. The molecular formula is C75H140O6. The second kappa shape index (κ2) is 70.1. The third kappa shape index (κ3) is 68.3. The third-order valence-corrected chi connectivity index (χ3v) is 16.6. The summed E-state index contributed by atoms with van der Waals surface area (Å²) in [6, 6.07) is 0. The Kier molecular flexibility index (Phi) is 68.1. The number of hydrogen-bond acceptors (Lipinski definition) is 6. The normalized spacial score (nSPS) is 12.2. The number of hydrogen-bond donors (Lipinski definition) is 0. The van der Waals surface area contributed by atoms with Gasteiger partial charge in [-0.2, -0.15) is 0 Å². The Morgan fingerprint density at radius 2 is 0.444 bits per heavy atom. The van der Waals surface area contributed by atoms with Crippen LogP contribution in [0.15, 0.2) is 36.5 Å². The lowest BCUT2D eigenvalue weighted by atomic mass is 10.0. The van der Waals surface area contributed by atoms with Crippen LogP contribution in [0.2, 0.25) is 0 Å². The minimum atomic E-state index is -0.768. The zero-order valence-electron chi connectivity index (χ0n) is 54.8. The highest BCUT2D eigenvalue weighted by Crippen LogP contribution is 2.19. The van der Waals surface area contributed by atoms with E-state index in [9.17, 15) is 14.4 Å². The number of carbonyl (C=O) groups excluding carboxylic acids is 3. The minimum absolute atomic E-state index is 0.0663. The predicted molar refractivity (Wildman–Crippen MR) is 353 cm³/mol. The van der Waals surface area contributed by atoms with Crippen molar-refractivity contribution in [3.8, 4) is 0 Å². The fourth-order valence-electron chi connectivity index (χ4n) is 11.1. The van der Waals surface area contributed by atoms with Crippen LogP contribution in [-0.4, -0.2) is 37.2 Å². The van der Waals surface area contributed by atoms with Crippen molar-refractivity contribution >= 4 is 17.9 Å². The summed E-state index contributed by atoms with van der Waals surface area (Å²) in [5.74, 6) is -0.840. The van der Waals surface area contributed by atoms with Crippen molar-refractivity contribution in [3.63, 3.8) is 0 Å². The molecule has 0 rings (SSSR count). The lowest BCUT2D eigenvalue weighted by Crippen LogP contribution is -2.30. The molecule has 1 unspecified atom stereocenters. The molecule has 0 bridgehead atoms. The van der Waals surface area contributed by atoms with Crippen LogP contribution in [0.1, 0.15) is 406 Å². The van der Waals surface area contributed by atoms with Gasteiger partial charge in [0.1, 0.15) is 13.2 Å². The molecule has 0 fully saturated rings. The predicted octanol–water partition coefficient (Wildman–Crippen LogP) is 25.1. The Balaban J connectivity index is 4.09. The molecule has 0 saturated heterocycles. The smallest absolute Gasteiger partial charge is 0.306 e. The van der Waals surface area contributed by atoms with E-state index in [1.807, 2.05) is 0 Å². The molecule has 0 aliphatic rings. The van der Waals surface area contributed by atoms with E-state index in [-0.39, 0.29) is 31.1 Å². The van der Waals surface area contributed by atoms with E-state index in [4.69, 9.17) is 14.2 Å². The molecule has 0 radical (unpaired) electrons. The fourth-order valence-corrected chi connectivity index (χ4v) is 11.1. The maximum atomic E-state index is 12.9. The van der Waals surface area contributed by atoms with Crippen LogP contribution in [0, 0.1) is 0 Å². The summed E-state index contributed by atoms with van der Waals surface area (Å²) in [6.45, 7) is 6.68. The van der Waals surface area contributed by atoms with E-state index < -0.39 is 6.10 Å². The summed E-state index contributed by atoms with van der Waals surface area (Å²) in [7, 11) is 0. The van der Waals surface area contributed by atoms with Gasteiger partial charge < -0.3 is 14.2 Å². The first kappa shape index (κ1) is 78.6. The average molecular weight is 1140 g/mol. The van der Waals surface area contributed by atoms with Crippen LogP contribution in [0.3, 0.4) is 0 Å². The van der Waals surface area contributed by atoms with Crippen molar-refractivity contribution in [2.24, 2.45) is 0 Å². The molecule has 0 aromatic heterocycles. The summed E-state index contributed by atoms with van der Waals surface area (Å²) in [5, 5.41) is 0. The van der Waals surface area contributed by atoms with Gasteiger partial charge in [0.2, 0.25) is 0 Å². The topological polar surface area (TPSA) is 78.9 Å². The molecule has 0 aliphatic carbocycles. The largest absolute Gasteiger partial charge is 0.462 e. The Morgan fingerprint density at radius 1 is 0.247 bits per heavy atom. The molecular weight excluding hydrogens is 997 g/mol. The molecule has 1 atom stereocenters. The van der Waals surface area contributed by atoms with E-state index in [1.54, 1.807) is 0 Å². The highest BCUT2D eigenvalue weighted by molar-refractivity contribution is 5.71. The second-order valence-electron chi connectivity index (χ2n) is 24.9. The van der Waals surface area contributed by atoms with E-state index >= 15 is 0 Å². The molecule has 0 spiro atoms. The van der Waals surface area contributed by atoms with Crippen molar-refractivity contribution < 1.29 is 28.6 Å². The first-order chi connectivity index (χ1) is 40.0. The van der Waals surface area contributed by atoms with Gasteiger partial charge in [-0.25, -0.2) is 0 Å². The zero-order valence-corrected chi connectivity index (χ0v) is 54.8. The second-order valence-corrected chi connectivity index (χ2v) is 24.9. The molecule has 0 aliphatic heterocycles. The van der Waals surface area contributed by atoms with Gasteiger partial charge in [0.25, 0.3) is 0 Å². The summed E-state index contributed by atoms with van der Waals surface area (Å²) in [6.07, 6.45) is 87.7. The molecule has 0 heterocycles. The third-order valence-electron chi connectivity index (χ3n) is 16.6. The van der Waals surface area contributed by atoms with Crippen molar-refractivity contribution in [3.05, 3.63) is 36.5 Å². The standard InChI is InChI=1S/C75H140O6/c1-4-7-10-13-16-19-21-23-25-27-29-31-33-35-37-39-41-43-45-47-49-51-53-56-59-62-65-68-74(77)80-71-72(70-79-73(76)67-64-61-58-55-18-15-12-9-6-3)81-75(78)69-66-63-60-57-54-52-50-48-46-44-42-40-38-36-34-32-30-28-26-24-22-20-17-14-11-8-5-2/h21,23,27-30,72H,4-20,22,24-26,31-71H2,1-3H3/b23-21-,29-27-,30-28-. The first-order valence-corrected chi connectivity index (χ1v) is 36.5. The number of unbranched alkanes of at least 4 members (excludes halogenated alkanes) is 51. The van der Waals surface area contributed by atoms with Crippen LogP contribution in [0.4, 0.5) is 0 Å². The molecule has 476 valence electrons. The molecule has 0 saturated carbocycles. The van der Waals surface area contributed by atoms with Gasteiger partial charge in [-0.05, 0) is 77.0 Å². The van der Waals surface area contributed by atoms with Gasteiger partial charge in [0, 0.05) is 19.3 Å². The number of esters is 3. The number of carbonyl (C=O) groups is 3. The molecule has 6 nitrogen and oxygen atoms in total. The zero-order chi connectivity index (χ0) is 58.5. The highest BCUT2D eigenvalue weighted by atomic mass is 16.6. The molecule has 0 aromatic carbocycles. The Morgan fingerprint density at radius 3 is 0.691 bits per heavy atom. The molecule has 0 aromatic rings. The van der Waals surface area contributed by atoms with Gasteiger partial charge in [-0.3, -0.25) is 14.4 Å². The number of ether oxygens (including phenoxy) is 3. The van der Waals surface area contributed by atoms with Crippen molar-refractivity contribution in [1.29, 1.82) is 0 Å². The Hall–Kier alpha value is -2.37. The average Bonchev–Trinajstić information content (AvgIpc) is 3.47. The summed E-state index contributed by atoms with van der Waals surface area (Å²) in [4.78, 5) is 38.3. The highest BCUT2D eigenvalue weighted by Gasteiger charge is 2.19. The first-order valence-electron chi connectivity index (χ1n) is 36.5. The van der Waals surface area contributed by atoms with Crippen LogP contribution >= 0.6 is 0 Å².